The number of benzene rings is 1. The van der Waals surface area contributed by atoms with Crippen molar-refractivity contribution in [3.05, 3.63) is 58.3 Å². The van der Waals surface area contributed by atoms with Crippen LogP contribution in [0.2, 0.25) is 0 Å². The van der Waals surface area contributed by atoms with E-state index in [0.717, 1.165) is 29.7 Å². The summed E-state index contributed by atoms with van der Waals surface area (Å²) in [6.07, 6.45) is 4.50. The zero-order valence-corrected chi connectivity index (χ0v) is 13.2. The summed E-state index contributed by atoms with van der Waals surface area (Å²) >= 11 is 3.56. The second kappa shape index (κ2) is 8.02. The molecule has 2 rings (SSSR count). The van der Waals surface area contributed by atoms with E-state index < -0.39 is 0 Å². The average molecular weight is 335 g/mol. The second-order valence-electron chi connectivity index (χ2n) is 4.50. The number of ether oxygens (including phenoxy) is 1. The van der Waals surface area contributed by atoms with Gasteiger partial charge in [-0.25, -0.2) is 0 Å². The van der Waals surface area contributed by atoms with Crippen molar-refractivity contribution in [1.29, 1.82) is 0 Å². The lowest BCUT2D eigenvalue weighted by Gasteiger charge is -2.10. The summed E-state index contributed by atoms with van der Waals surface area (Å²) in [6, 6.07) is 10.2. The highest BCUT2D eigenvalue weighted by Gasteiger charge is 2.03. The van der Waals surface area contributed by atoms with E-state index in [-0.39, 0.29) is 0 Å². The van der Waals surface area contributed by atoms with E-state index in [1.54, 1.807) is 12.4 Å². The number of nitrogens with one attached hydrogen (secondary N) is 1. The van der Waals surface area contributed by atoms with E-state index in [2.05, 4.69) is 45.3 Å². The lowest BCUT2D eigenvalue weighted by molar-refractivity contribution is 0.320. The molecule has 0 aliphatic carbocycles. The Morgan fingerprint density at radius 1 is 1.15 bits per heavy atom. The molecule has 1 N–H and O–H groups in total. The highest BCUT2D eigenvalue weighted by atomic mass is 79.9. The van der Waals surface area contributed by atoms with Crippen molar-refractivity contribution >= 4 is 15.9 Å². The van der Waals surface area contributed by atoms with Crippen LogP contribution in [-0.2, 0) is 13.0 Å². The van der Waals surface area contributed by atoms with Crippen LogP contribution in [0.5, 0.6) is 5.75 Å². The standard InChI is InChI=1S/C16H19BrN2O/c1-2-18-12-14-3-4-16(15(17)11-14)20-10-7-13-5-8-19-9-6-13/h3-6,8-9,11,18H,2,7,10,12H2,1H3. The normalized spacial score (nSPS) is 10.5. The largest absolute Gasteiger partial charge is 0.492 e. The zero-order chi connectivity index (χ0) is 14.2. The molecule has 3 nitrogen and oxygen atoms in total. The molecule has 0 atom stereocenters. The molecular formula is C16H19BrN2O. The van der Waals surface area contributed by atoms with Gasteiger partial charge in [0.2, 0.25) is 0 Å². The van der Waals surface area contributed by atoms with Gasteiger partial charge in [-0.05, 0) is 57.9 Å². The lowest BCUT2D eigenvalue weighted by atomic mass is 10.2. The summed E-state index contributed by atoms with van der Waals surface area (Å²) < 4.78 is 6.81. The van der Waals surface area contributed by atoms with Gasteiger partial charge >= 0.3 is 0 Å². The zero-order valence-electron chi connectivity index (χ0n) is 11.6. The number of pyridine rings is 1. The Morgan fingerprint density at radius 3 is 2.65 bits per heavy atom. The Balaban J connectivity index is 1.86. The average Bonchev–Trinajstić information content (AvgIpc) is 2.48. The van der Waals surface area contributed by atoms with Gasteiger partial charge in [0.1, 0.15) is 5.75 Å². The minimum Gasteiger partial charge on any atom is -0.492 e. The number of aromatic nitrogens is 1. The monoisotopic (exact) mass is 334 g/mol. The molecular weight excluding hydrogens is 316 g/mol. The number of rotatable bonds is 7. The van der Waals surface area contributed by atoms with Gasteiger partial charge < -0.3 is 10.1 Å². The fourth-order valence-corrected chi connectivity index (χ4v) is 2.41. The van der Waals surface area contributed by atoms with Crippen molar-refractivity contribution in [3.63, 3.8) is 0 Å². The van der Waals surface area contributed by atoms with Crippen LogP contribution in [0.1, 0.15) is 18.1 Å². The SMILES string of the molecule is CCNCc1ccc(OCCc2ccncc2)c(Br)c1. The van der Waals surface area contributed by atoms with Gasteiger partial charge in [0.15, 0.2) is 0 Å². The molecule has 0 bridgehead atoms. The van der Waals surface area contributed by atoms with Gasteiger partial charge in [0.25, 0.3) is 0 Å². The van der Waals surface area contributed by atoms with Gasteiger partial charge in [0, 0.05) is 25.4 Å². The maximum atomic E-state index is 5.81. The highest BCUT2D eigenvalue weighted by molar-refractivity contribution is 9.10. The highest BCUT2D eigenvalue weighted by Crippen LogP contribution is 2.26. The van der Waals surface area contributed by atoms with Crippen LogP contribution < -0.4 is 10.1 Å². The van der Waals surface area contributed by atoms with Crippen LogP contribution in [0.3, 0.4) is 0 Å². The Kier molecular flexibility index (Phi) is 6.02. The minimum atomic E-state index is 0.662. The topological polar surface area (TPSA) is 34.1 Å². The van der Waals surface area contributed by atoms with E-state index in [0.29, 0.717) is 6.61 Å². The summed E-state index contributed by atoms with van der Waals surface area (Å²) in [4.78, 5) is 4.01. The molecule has 106 valence electrons. The third-order valence-corrected chi connectivity index (χ3v) is 3.59. The van der Waals surface area contributed by atoms with E-state index in [1.165, 1.54) is 11.1 Å². The van der Waals surface area contributed by atoms with Crippen LogP contribution in [0.25, 0.3) is 0 Å². The van der Waals surface area contributed by atoms with Gasteiger partial charge in [-0.3, -0.25) is 4.98 Å². The third-order valence-electron chi connectivity index (χ3n) is 2.97. The molecule has 0 saturated carbocycles. The number of hydrogen-bond donors (Lipinski definition) is 1. The fraction of sp³-hybridized carbons (Fsp3) is 0.312. The fourth-order valence-electron chi connectivity index (χ4n) is 1.87. The first kappa shape index (κ1) is 15.0. The molecule has 0 amide bonds. The molecule has 0 spiro atoms. The molecule has 1 aromatic carbocycles. The Labute approximate surface area is 128 Å². The van der Waals surface area contributed by atoms with E-state index >= 15 is 0 Å². The van der Waals surface area contributed by atoms with Crippen molar-refractivity contribution in [2.75, 3.05) is 13.2 Å². The van der Waals surface area contributed by atoms with E-state index in [1.807, 2.05) is 18.2 Å². The summed E-state index contributed by atoms with van der Waals surface area (Å²) in [5.41, 5.74) is 2.49. The van der Waals surface area contributed by atoms with Crippen LogP contribution in [0.4, 0.5) is 0 Å². The quantitative estimate of drug-likeness (QED) is 0.840. The second-order valence-corrected chi connectivity index (χ2v) is 5.35. The molecule has 20 heavy (non-hydrogen) atoms. The predicted molar refractivity (Wildman–Crippen MR) is 85.0 cm³/mol. The molecule has 0 fully saturated rings. The van der Waals surface area contributed by atoms with Crippen LogP contribution in [0, 0.1) is 0 Å². The smallest absolute Gasteiger partial charge is 0.133 e. The van der Waals surface area contributed by atoms with Gasteiger partial charge in [-0.2, -0.15) is 0 Å². The number of nitrogens with zero attached hydrogens (tertiary/aromatic N) is 1. The van der Waals surface area contributed by atoms with E-state index in [9.17, 15) is 0 Å². The maximum Gasteiger partial charge on any atom is 0.133 e. The van der Waals surface area contributed by atoms with Gasteiger partial charge in [0.05, 0.1) is 11.1 Å². The van der Waals surface area contributed by atoms with Gasteiger partial charge in [-0.1, -0.05) is 13.0 Å². The van der Waals surface area contributed by atoms with Crippen molar-refractivity contribution in [1.82, 2.24) is 10.3 Å². The van der Waals surface area contributed by atoms with Crippen molar-refractivity contribution in [2.45, 2.75) is 19.9 Å². The Morgan fingerprint density at radius 2 is 1.95 bits per heavy atom. The summed E-state index contributed by atoms with van der Waals surface area (Å²) in [7, 11) is 0. The predicted octanol–water partition coefficient (Wildman–Crippen LogP) is 3.58. The Hall–Kier alpha value is -1.39. The molecule has 1 heterocycles. The maximum absolute atomic E-state index is 5.81. The number of hydrogen-bond acceptors (Lipinski definition) is 3. The first-order chi connectivity index (χ1) is 9.79. The van der Waals surface area contributed by atoms with Crippen molar-refractivity contribution in [2.24, 2.45) is 0 Å². The molecule has 0 radical (unpaired) electrons. The summed E-state index contributed by atoms with van der Waals surface area (Å²) in [6.45, 7) is 4.62. The van der Waals surface area contributed by atoms with Crippen LogP contribution >= 0.6 is 15.9 Å². The van der Waals surface area contributed by atoms with Crippen LogP contribution in [-0.4, -0.2) is 18.1 Å². The van der Waals surface area contributed by atoms with Crippen molar-refractivity contribution < 1.29 is 4.74 Å². The summed E-state index contributed by atoms with van der Waals surface area (Å²) in [5, 5.41) is 3.31. The third kappa shape index (κ3) is 4.62. The molecule has 0 aliphatic rings. The first-order valence-corrected chi connectivity index (χ1v) is 7.59. The minimum absolute atomic E-state index is 0.662. The molecule has 0 saturated heterocycles. The van der Waals surface area contributed by atoms with E-state index in [4.69, 9.17) is 4.74 Å². The first-order valence-electron chi connectivity index (χ1n) is 6.80. The lowest BCUT2D eigenvalue weighted by Crippen LogP contribution is -2.11. The molecule has 4 heteroatoms. The molecule has 1 aromatic heterocycles. The van der Waals surface area contributed by atoms with Gasteiger partial charge in [-0.15, -0.1) is 0 Å². The number of halogens is 1. The molecule has 2 aromatic rings. The van der Waals surface area contributed by atoms with Crippen molar-refractivity contribution in [3.8, 4) is 5.75 Å². The summed E-state index contributed by atoms with van der Waals surface area (Å²) in [5.74, 6) is 0.888. The molecule has 0 aliphatic heterocycles. The molecule has 0 unspecified atom stereocenters. The van der Waals surface area contributed by atoms with Crippen LogP contribution in [0.15, 0.2) is 47.2 Å². The Bertz CT molecular complexity index is 531.